The molecule has 1 spiro atoms. The van der Waals surface area contributed by atoms with Crippen LogP contribution in [-0.2, 0) is 16.1 Å². The number of Topliss-reactive ketones (excluding diaryl/α,β-unsaturated/α-hetero) is 1. The number of carboxylic acids is 1. The van der Waals surface area contributed by atoms with Crippen molar-refractivity contribution in [3.8, 4) is 0 Å². The monoisotopic (exact) mass is 344 g/mol. The summed E-state index contributed by atoms with van der Waals surface area (Å²) in [5.41, 5.74) is 1.29. The highest BCUT2D eigenvalue weighted by Crippen LogP contribution is 2.42. The molecular formula is C19H24N2O4. The van der Waals surface area contributed by atoms with Gasteiger partial charge in [0.1, 0.15) is 0 Å². The Labute approximate surface area is 147 Å². The molecule has 1 amide bonds. The first-order chi connectivity index (χ1) is 11.8. The van der Waals surface area contributed by atoms with Crippen LogP contribution < -0.4 is 0 Å². The van der Waals surface area contributed by atoms with E-state index in [0.717, 1.165) is 25.2 Å². The standard InChI is InChI=1S/C19H24N2O4/c1-13(22)15-5-3-14(4-6-15)12-21-9-7-19(8-10-21)16(18(24)25)11-17(23)20(19)2/h3-6,16H,7-12H2,1-2H3,(H,24,25)/t16-/m1/s1. The molecule has 0 aromatic heterocycles. The number of carboxylic acid groups (broad SMARTS) is 1. The third-order valence-electron chi connectivity index (χ3n) is 5.86. The summed E-state index contributed by atoms with van der Waals surface area (Å²) in [6.45, 7) is 3.84. The number of nitrogens with zero attached hydrogens (tertiary/aromatic N) is 2. The number of ketones is 1. The van der Waals surface area contributed by atoms with Crippen LogP contribution in [-0.4, -0.2) is 58.2 Å². The molecule has 2 aliphatic rings. The molecule has 0 radical (unpaired) electrons. The van der Waals surface area contributed by atoms with Gasteiger partial charge in [-0.15, -0.1) is 0 Å². The maximum atomic E-state index is 12.0. The fraction of sp³-hybridized carbons (Fsp3) is 0.526. The highest BCUT2D eigenvalue weighted by molar-refractivity contribution is 5.94. The lowest BCUT2D eigenvalue weighted by Gasteiger charge is -2.45. The topological polar surface area (TPSA) is 77.9 Å². The molecule has 3 rings (SSSR count). The summed E-state index contributed by atoms with van der Waals surface area (Å²) in [6.07, 6.45) is 1.47. The van der Waals surface area contributed by atoms with E-state index in [1.165, 1.54) is 0 Å². The molecule has 0 bridgehead atoms. The van der Waals surface area contributed by atoms with Gasteiger partial charge in [-0.2, -0.15) is 0 Å². The number of piperidine rings is 1. The van der Waals surface area contributed by atoms with Crippen molar-refractivity contribution in [1.29, 1.82) is 0 Å². The molecule has 6 nitrogen and oxygen atoms in total. The Morgan fingerprint density at radius 2 is 1.80 bits per heavy atom. The SMILES string of the molecule is CC(=O)c1ccc(CN2CCC3(CC2)[C@@H](C(=O)O)CC(=O)N3C)cc1. The van der Waals surface area contributed by atoms with Gasteiger partial charge in [-0.1, -0.05) is 24.3 Å². The van der Waals surface area contributed by atoms with Crippen LogP contribution in [0.25, 0.3) is 0 Å². The smallest absolute Gasteiger partial charge is 0.309 e. The zero-order valence-electron chi connectivity index (χ0n) is 14.7. The number of carbonyl (C=O) groups is 3. The first kappa shape index (κ1) is 17.6. The van der Waals surface area contributed by atoms with Gasteiger partial charge in [0.05, 0.1) is 11.5 Å². The minimum atomic E-state index is -0.869. The minimum absolute atomic E-state index is 0.0557. The number of carbonyl (C=O) groups excluding carboxylic acids is 2. The van der Waals surface area contributed by atoms with E-state index in [9.17, 15) is 19.5 Å². The molecule has 0 unspecified atom stereocenters. The van der Waals surface area contributed by atoms with Crippen molar-refractivity contribution in [3.63, 3.8) is 0 Å². The van der Waals surface area contributed by atoms with E-state index in [0.29, 0.717) is 18.4 Å². The third kappa shape index (κ3) is 3.18. The molecule has 134 valence electrons. The molecule has 2 fully saturated rings. The Morgan fingerprint density at radius 3 is 2.32 bits per heavy atom. The maximum Gasteiger partial charge on any atom is 0.309 e. The van der Waals surface area contributed by atoms with Gasteiger partial charge in [-0.25, -0.2) is 0 Å². The van der Waals surface area contributed by atoms with E-state index in [-0.39, 0.29) is 18.1 Å². The van der Waals surface area contributed by atoms with Crippen LogP contribution in [0.1, 0.15) is 42.1 Å². The molecule has 1 aromatic rings. The Hall–Kier alpha value is -2.21. The lowest BCUT2D eigenvalue weighted by molar-refractivity contribution is -0.146. The largest absolute Gasteiger partial charge is 0.481 e. The molecule has 1 N–H and O–H groups in total. The molecule has 0 aliphatic carbocycles. The van der Waals surface area contributed by atoms with Gasteiger partial charge in [-0.05, 0) is 25.3 Å². The second kappa shape index (κ2) is 6.59. The van der Waals surface area contributed by atoms with Crippen LogP contribution >= 0.6 is 0 Å². The lowest BCUT2D eigenvalue weighted by Crippen LogP contribution is -2.55. The average Bonchev–Trinajstić information content (AvgIpc) is 2.83. The van der Waals surface area contributed by atoms with Gasteiger partial charge in [-0.3, -0.25) is 19.3 Å². The van der Waals surface area contributed by atoms with Gasteiger partial charge in [0.25, 0.3) is 0 Å². The van der Waals surface area contributed by atoms with Gasteiger partial charge < -0.3 is 10.0 Å². The normalized spacial score (nSPS) is 23.2. The molecule has 1 atom stereocenters. The second-order valence-corrected chi connectivity index (χ2v) is 7.18. The number of benzene rings is 1. The zero-order chi connectivity index (χ0) is 18.2. The van der Waals surface area contributed by atoms with Crippen LogP contribution in [0.4, 0.5) is 0 Å². The quantitative estimate of drug-likeness (QED) is 0.843. The molecule has 25 heavy (non-hydrogen) atoms. The first-order valence-corrected chi connectivity index (χ1v) is 8.65. The van der Waals surface area contributed by atoms with Crippen molar-refractivity contribution in [3.05, 3.63) is 35.4 Å². The molecule has 1 aromatic carbocycles. The lowest BCUT2D eigenvalue weighted by atomic mass is 9.77. The molecule has 2 heterocycles. The summed E-state index contributed by atoms with van der Waals surface area (Å²) in [5.74, 6) is -1.49. The number of hydrogen-bond acceptors (Lipinski definition) is 4. The van der Waals surface area contributed by atoms with E-state index in [2.05, 4.69) is 4.90 Å². The summed E-state index contributed by atoms with van der Waals surface area (Å²) < 4.78 is 0. The number of amides is 1. The molecule has 2 aliphatic heterocycles. The average molecular weight is 344 g/mol. The number of rotatable bonds is 4. The van der Waals surface area contributed by atoms with Gasteiger partial charge >= 0.3 is 5.97 Å². The summed E-state index contributed by atoms with van der Waals surface area (Å²) in [6, 6.07) is 7.61. The highest BCUT2D eigenvalue weighted by Gasteiger charge is 2.55. The zero-order valence-corrected chi connectivity index (χ0v) is 14.7. The van der Waals surface area contributed by atoms with E-state index >= 15 is 0 Å². The Balaban J connectivity index is 1.66. The first-order valence-electron chi connectivity index (χ1n) is 8.65. The highest BCUT2D eigenvalue weighted by atomic mass is 16.4. The number of likely N-dealkylation sites (tertiary alicyclic amines) is 2. The Morgan fingerprint density at radius 1 is 1.20 bits per heavy atom. The van der Waals surface area contributed by atoms with Crippen molar-refractivity contribution in [2.75, 3.05) is 20.1 Å². The van der Waals surface area contributed by atoms with Crippen molar-refractivity contribution >= 4 is 17.7 Å². The fourth-order valence-corrected chi connectivity index (χ4v) is 4.19. The van der Waals surface area contributed by atoms with E-state index in [1.54, 1.807) is 18.9 Å². The molecule has 2 saturated heterocycles. The van der Waals surface area contributed by atoms with Crippen LogP contribution in [0.2, 0.25) is 0 Å². The molecular weight excluding hydrogens is 320 g/mol. The number of aliphatic carboxylic acids is 1. The van der Waals surface area contributed by atoms with Crippen LogP contribution in [0.5, 0.6) is 0 Å². The van der Waals surface area contributed by atoms with Crippen LogP contribution in [0.15, 0.2) is 24.3 Å². The van der Waals surface area contributed by atoms with Crippen LogP contribution in [0, 0.1) is 5.92 Å². The van der Waals surface area contributed by atoms with Crippen molar-refractivity contribution < 1.29 is 19.5 Å². The predicted octanol–water partition coefficient (Wildman–Crippen LogP) is 1.79. The summed E-state index contributed by atoms with van der Waals surface area (Å²) in [7, 11) is 1.74. The van der Waals surface area contributed by atoms with E-state index in [4.69, 9.17) is 0 Å². The summed E-state index contributed by atoms with van der Waals surface area (Å²) in [5, 5.41) is 9.52. The van der Waals surface area contributed by atoms with Crippen molar-refractivity contribution in [2.45, 2.75) is 38.3 Å². The van der Waals surface area contributed by atoms with Crippen molar-refractivity contribution in [2.24, 2.45) is 5.92 Å². The van der Waals surface area contributed by atoms with Crippen molar-refractivity contribution in [1.82, 2.24) is 9.80 Å². The fourth-order valence-electron chi connectivity index (χ4n) is 4.19. The Kier molecular flexibility index (Phi) is 4.64. The van der Waals surface area contributed by atoms with E-state index < -0.39 is 17.4 Å². The summed E-state index contributed by atoms with van der Waals surface area (Å²) in [4.78, 5) is 38.9. The predicted molar refractivity (Wildman–Crippen MR) is 92.2 cm³/mol. The van der Waals surface area contributed by atoms with Crippen LogP contribution in [0.3, 0.4) is 0 Å². The molecule has 0 saturated carbocycles. The van der Waals surface area contributed by atoms with Gasteiger partial charge in [0.15, 0.2) is 5.78 Å². The minimum Gasteiger partial charge on any atom is -0.481 e. The number of hydrogen-bond donors (Lipinski definition) is 1. The van der Waals surface area contributed by atoms with E-state index in [1.807, 2.05) is 24.3 Å². The summed E-state index contributed by atoms with van der Waals surface area (Å²) >= 11 is 0. The van der Waals surface area contributed by atoms with Gasteiger partial charge in [0, 0.05) is 38.7 Å². The maximum absolute atomic E-state index is 12.0. The Bertz CT molecular complexity index is 690. The third-order valence-corrected chi connectivity index (χ3v) is 5.86. The van der Waals surface area contributed by atoms with Gasteiger partial charge in [0.2, 0.25) is 5.91 Å². The second-order valence-electron chi connectivity index (χ2n) is 7.18. The molecule has 6 heteroatoms.